The molecule has 0 saturated heterocycles. The Labute approximate surface area is 130 Å². The van der Waals surface area contributed by atoms with Crippen LogP contribution in [0.1, 0.15) is 21.5 Å². The molecule has 7 heteroatoms. The Hall–Kier alpha value is -2.85. The summed E-state index contributed by atoms with van der Waals surface area (Å²) in [5.74, 6) is -1.55. The molecule has 112 valence electrons. The standard InChI is InChI=1S/C15H12N2O4S/c1-9-2-3-11(12(18)6-9)15(20)21-8-13(19)17-14-10(7-16)4-5-22-14/h2-6,18H,8H2,1H3,(H,17,19). The van der Waals surface area contributed by atoms with Crippen LogP contribution in [0.25, 0.3) is 0 Å². The summed E-state index contributed by atoms with van der Waals surface area (Å²) in [6.45, 7) is 1.27. The molecule has 0 aliphatic rings. The predicted octanol–water partition coefficient (Wildman–Crippen LogP) is 2.43. The minimum Gasteiger partial charge on any atom is -0.507 e. The lowest BCUT2D eigenvalue weighted by molar-refractivity contribution is -0.119. The van der Waals surface area contributed by atoms with Gasteiger partial charge in [0.1, 0.15) is 22.4 Å². The van der Waals surface area contributed by atoms with Crippen molar-refractivity contribution in [2.45, 2.75) is 6.92 Å². The molecule has 6 nitrogen and oxygen atoms in total. The van der Waals surface area contributed by atoms with Gasteiger partial charge in [0, 0.05) is 0 Å². The van der Waals surface area contributed by atoms with E-state index in [1.165, 1.54) is 23.5 Å². The highest BCUT2D eigenvalue weighted by molar-refractivity contribution is 7.14. The fourth-order valence-corrected chi connectivity index (χ4v) is 2.43. The Morgan fingerprint density at radius 3 is 2.86 bits per heavy atom. The molecule has 0 bridgehead atoms. The summed E-state index contributed by atoms with van der Waals surface area (Å²) in [6.07, 6.45) is 0. The normalized spacial score (nSPS) is 9.82. The summed E-state index contributed by atoms with van der Waals surface area (Å²) >= 11 is 1.20. The number of aryl methyl sites for hydroxylation is 1. The Bertz CT molecular complexity index is 761. The van der Waals surface area contributed by atoms with Crippen LogP contribution in [0, 0.1) is 18.3 Å². The zero-order valence-corrected chi connectivity index (χ0v) is 12.4. The smallest absolute Gasteiger partial charge is 0.342 e. The van der Waals surface area contributed by atoms with E-state index in [1.807, 2.05) is 6.07 Å². The highest BCUT2D eigenvalue weighted by Crippen LogP contribution is 2.22. The van der Waals surface area contributed by atoms with Gasteiger partial charge in [0.2, 0.25) is 0 Å². The van der Waals surface area contributed by atoms with Crippen LogP contribution in [0.2, 0.25) is 0 Å². The molecular formula is C15H12N2O4S. The van der Waals surface area contributed by atoms with Crippen LogP contribution in [0.5, 0.6) is 5.75 Å². The minimum absolute atomic E-state index is 0.00719. The van der Waals surface area contributed by atoms with E-state index in [2.05, 4.69) is 5.32 Å². The van der Waals surface area contributed by atoms with Gasteiger partial charge in [-0.3, -0.25) is 4.79 Å². The first kappa shape index (κ1) is 15.5. The highest BCUT2D eigenvalue weighted by atomic mass is 32.1. The van der Waals surface area contributed by atoms with Gasteiger partial charge >= 0.3 is 5.97 Å². The highest BCUT2D eigenvalue weighted by Gasteiger charge is 2.15. The van der Waals surface area contributed by atoms with Crippen molar-refractivity contribution in [2.24, 2.45) is 0 Å². The fourth-order valence-electron chi connectivity index (χ4n) is 1.68. The molecular weight excluding hydrogens is 304 g/mol. The zero-order chi connectivity index (χ0) is 16.1. The Kier molecular flexibility index (Phi) is 4.76. The van der Waals surface area contributed by atoms with Gasteiger partial charge in [-0.2, -0.15) is 5.26 Å². The van der Waals surface area contributed by atoms with Gasteiger partial charge in [-0.15, -0.1) is 11.3 Å². The van der Waals surface area contributed by atoms with Crippen LogP contribution in [-0.2, 0) is 9.53 Å². The third-order valence-electron chi connectivity index (χ3n) is 2.75. The number of amides is 1. The molecule has 0 atom stereocenters. The molecule has 22 heavy (non-hydrogen) atoms. The number of carbonyl (C=O) groups excluding carboxylic acids is 2. The second kappa shape index (κ2) is 6.74. The maximum Gasteiger partial charge on any atom is 0.342 e. The van der Waals surface area contributed by atoms with Gasteiger partial charge in [-0.1, -0.05) is 6.07 Å². The van der Waals surface area contributed by atoms with Crippen molar-refractivity contribution >= 4 is 28.2 Å². The van der Waals surface area contributed by atoms with Gasteiger partial charge in [0.25, 0.3) is 5.91 Å². The van der Waals surface area contributed by atoms with Crippen molar-refractivity contribution in [1.29, 1.82) is 5.26 Å². The fraction of sp³-hybridized carbons (Fsp3) is 0.133. The number of phenols is 1. The average Bonchev–Trinajstić information content (AvgIpc) is 2.92. The van der Waals surface area contributed by atoms with Gasteiger partial charge in [0.15, 0.2) is 6.61 Å². The van der Waals surface area contributed by atoms with Crippen molar-refractivity contribution in [3.8, 4) is 11.8 Å². The van der Waals surface area contributed by atoms with Crippen LogP contribution in [0.15, 0.2) is 29.6 Å². The molecule has 0 aliphatic heterocycles. The summed E-state index contributed by atoms with van der Waals surface area (Å²) < 4.78 is 4.84. The second-order valence-corrected chi connectivity index (χ2v) is 5.34. The van der Waals surface area contributed by atoms with E-state index < -0.39 is 18.5 Å². The van der Waals surface area contributed by atoms with Gasteiger partial charge in [-0.25, -0.2) is 4.79 Å². The summed E-state index contributed by atoms with van der Waals surface area (Å²) in [7, 11) is 0. The first-order valence-corrected chi connectivity index (χ1v) is 7.13. The van der Waals surface area contributed by atoms with E-state index >= 15 is 0 Å². The summed E-state index contributed by atoms with van der Waals surface area (Å²) in [5.41, 5.74) is 1.14. The molecule has 2 aromatic rings. The van der Waals surface area contributed by atoms with E-state index in [4.69, 9.17) is 10.00 Å². The number of hydrogen-bond acceptors (Lipinski definition) is 6. The van der Waals surface area contributed by atoms with Crippen molar-refractivity contribution in [3.63, 3.8) is 0 Å². The van der Waals surface area contributed by atoms with E-state index in [0.29, 0.717) is 10.6 Å². The maximum atomic E-state index is 11.8. The largest absolute Gasteiger partial charge is 0.507 e. The molecule has 0 fully saturated rings. The maximum absolute atomic E-state index is 11.8. The lowest BCUT2D eigenvalue weighted by Crippen LogP contribution is -2.20. The molecule has 0 saturated carbocycles. The number of nitrogens with zero attached hydrogens (tertiary/aromatic N) is 1. The van der Waals surface area contributed by atoms with E-state index in [1.54, 1.807) is 24.4 Å². The number of aromatic hydroxyl groups is 1. The van der Waals surface area contributed by atoms with Crippen LogP contribution in [-0.4, -0.2) is 23.6 Å². The average molecular weight is 316 g/mol. The number of nitrogens with one attached hydrogen (secondary N) is 1. The van der Waals surface area contributed by atoms with E-state index in [0.717, 1.165) is 5.56 Å². The summed E-state index contributed by atoms with van der Waals surface area (Å²) in [4.78, 5) is 23.5. The van der Waals surface area contributed by atoms with Gasteiger partial charge in [0.05, 0.1) is 5.56 Å². The van der Waals surface area contributed by atoms with Crippen LogP contribution >= 0.6 is 11.3 Å². The van der Waals surface area contributed by atoms with Gasteiger partial charge in [-0.05, 0) is 36.1 Å². The molecule has 1 aromatic carbocycles. The topological polar surface area (TPSA) is 99.4 Å². The first-order chi connectivity index (χ1) is 10.5. The molecule has 1 aromatic heterocycles. The Balaban J connectivity index is 1.94. The summed E-state index contributed by atoms with van der Waals surface area (Å²) in [6, 6.07) is 8.03. The van der Waals surface area contributed by atoms with E-state index in [-0.39, 0.29) is 11.3 Å². The third kappa shape index (κ3) is 3.62. The Morgan fingerprint density at radius 1 is 1.41 bits per heavy atom. The molecule has 0 aliphatic carbocycles. The number of phenolic OH excluding ortho intramolecular Hbond substituents is 1. The molecule has 0 spiro atoms. The van der Waals surface area contributed by atoms with Crippen molar-refractivity contribution in [2.75, 3.05) is 11.9 Å². The number of carbonyl (C=O) groups is 2. The molecule has 1 heterocycles. The first-order valence-electron chi connectivity index (χ1n) is 6.25. The van der Waals surface area contributed by atoms with Crippen molar-refractivity contribution < 1.29 is 19.4 Å². The lowest BCUT2D eigenvalue weighted by Gasteiger charge is -2.07. The van der Waals surface area contributed by atoms with E-state index in [9.17, 15) is 14.7 Å². The number of thiophene rings is 1. The number of esters is 1. The molecule has 1 amide bonds. The monoisotopic (exact) mass is 316 g/mol. The quantitative estimate of drug-likeness (QED) is 0.844. The number of hydrogen-bond donors (Lipinski definition) is 2. The third-order valence-corrected chi connectivity index (χ3v) is 3.58. The number of nitriles is 1. The molecule has 2 N–H and O–H groups in total. The molecule has 0 unspecified atom stereocenters. The van der Waals surface area contributed by atoms with Crippen LogP contribution in [0.4, 0.5) is 5.00 Å². The number of benzene rings is 1. The van der Waals surface area contributed by atoms with Crippen molar-refractivity contribution in [3.05, 3.63) is 46.3 Å². The Morgan fingerprint density at radius 2 is 2.18 bits per heavy atom. The summed E-state index contributed by atoms with van der Waals surface area (Å²) in [5, 5.41) is 23.1. The molecule has 2 rings (SSSR count). The van der Waals surface area contributed by atoms with Crippen LogP contribution in [0.3, 0.4) is 0 Å². The predicted molar refractivity (Wildman–Crippen MR) is 80.8 cm³/mol. The SMILES string of the molecule is Cc1ccc(C(=O)OCC(=O)Nc2sccc2C#N)c(O)c1. The minimum atomic E-state index is -0.792. The number of rotatable bonds is 4. The number of anilines is 1. The van der Waals surface area contributed by atoms with Crippen LogP contribution < -0.4 is 5.32 Å². The zero-order valence-electron chi connectivity index (χ0n) is 11.6. The second-order valence-electron chi connectivity index (χ2n) is 4.42. The van der Waals surface area contributed by atoms with Crippen molar-refractivity contribution in [1.82, 2.24) is 0 Å². The van der Waals surface area contributed by atoms with Gasteiger partial charge < -0.3 is 15.2 Å². The molecule has 0 radical (unpaired) electrons. The number of ether oxygens (including phenoxy) is 1. The lowest BCUT2D eigenvalue weighted by atomic mass is 10.1.